The van der Waals surface area contributed by atoms with Gasteiger partial charge in [0.05, 0.1) is 11.3 Å². The van der Waals surface area contributed by atoms with Crippen molar-refractivity contribution in [1.82, 2.24) is 4.98 Å². The summed E-state index contributed by atoms with van der Waals surface area (Å²) in [6.07, 6.45) is 1.94. The second-order valence-corrected chi connectivity index (χ2v) is 14.5. The van der Waals surface area contributed by atoms with E-state index in [0.717, 1.165) is 39.0 Å². The zero-order chi connectivity index (χ0) is 34.4. The molecule has 0 saturated heterocycles. The van der Waals surface area contributed by atoms with Crippen molar-refractivity contribution in [2.75, 3.05) is 0 Å². The van der Waals surface area contributed by atoms with Crippen LogP contribution in [-0.2, 0) is 5.41 Å². The third kappa shape index (κ3) is 6.01. The Labute approximate surface area is 294 Å². The van der Waals surface area contributed by atoms with Crippen LogP contribution >= 0.6 is 0 Å². The molecule has 7 aromatic carbocycles. The van der Waals surface area contributed by atoms with E-state index in [0.29, 0.717) is 11.8 Å². The monoisotopic (exact) mass is 648 g/mol. The summed E-state index contributed by atoms with van der Waals surface area (Å²) >= 11 is 0. The van der Waals surface area contributed by atoms with E-state index in [-0.39, 0.29) is 5.41 Å². The molecule has 0 saturated carbocycles. The van der Waals surface area contributed by atoms with Gasteiger partial charge < -0.3 is 4.42 Å². The van der Waals surface area contributed by atoms with Gasteiger partial charge in [0, 0.05) is 17.3 Å². The fourth-order valence-electron chi connectivity index (χ4n) is 6.72. The minimum Gasteiger partial charge on any atom is -0.436 e. The molecule has 0 radical (unpaired) electrons. The highest BCUT2D eigenvalue weighted by atomic mass is 16.3. The molecule has 8 rings (SSSR count). The van der Waals surface area contributed by atoms with Crippen LogP contribution in [0.1, 0.15) is 57.2 Å². The molecule has 0 unspecified atom stereocenters. The zero-order valence-electron chi connectivity index (χ0n) is 29.2. The Morgan fingerprint density at radius 1 is 0.620 bits per heavy atom. The lowest BCUT2D eigenvalue weighted by atomic mass is 9.85. The third-order valence-electron chi connectivity index (χ3n) is 9.72. The van der Waals surface area contributed by atoms with E-state index in [9.17, 15) is 0 Å². The van der Waals surface area contributed by atoms with Crippen LogP contribution in [0.2, 0.25) is 0 Å². The van der Waals surface area contributed by atoms with Gasteiger partial charge in [0.15, 0.2) is 5.58 Å². The van der Waals surface area contributed by atoms with E-state index in [1.165, 1.54) is 43.8 Å². The molecular formula is C47H40N2O. The van der Waals surface area contributed by atoms with E-state index in [1.807, 2.05) is 30.5 Å². The number of aliphatic imine (C=N–C) groups is 1. The molecule has 50 heavy (non-hydrogen) atoms. The fraction of sp³-hybridized carbons (Fsp3) is 0.149. The molecule has 1 heterocycles. The highest BCUT2D eigenvalue weighted by molar-refractivity contribution is 6.01. The van der Waals surface area contributed by atoms with E-state index in [1.54, 1.807) is 0 Å². The SMILES string of the molecule is CC(C)c1ccc(-c2ccc3cc(-c4cc(C(C)(C)C)cc5oc(-c6ccccc6N=Cc6cccc7ccccc67)nc45)ccc3c2)cc1. The van der Waals surface area contributed by atoms with Crippen LogP contribution in [0.4, 0.5) is 5.69 Å². The third-order valence-corrected chi connectivity index (χ3v) is 9.72. The predicted molar refractivity (Wildman–Crippen MR) is 212 cm³/mol. The Kier molecular flexibility index (Phi) is 7.92. The van der Waals surface area contributed by atoms with Crippen LogP contribution in [0.5, 0.6) is 0 Å². The van der Waals surface area contributed by atoms with Crippen LogP contribution in [0.3, 0.4) is 0 Å². The lowest BCUT2D eigenvalue weighted by Crippen LogP contribution is -2.11. The first-order valence-electron chi connectivity index (χ1n) is 17.4. The highest BCUT2D eigenvalue weighted by Crippen LogP contribution is 2.39. The first-order valence-corrected chi connectivity index (χ1v) is 17.4. The zero-order valence-corrected chi connectivity index (χ0v) is 29.2. The quantitative estimate of drug-likeness (QED) is 0.168. The molecular weight excluding hydrogens is 609 g/mol. The number of nitrogens with zero attached hydrogens (tertiary/aromatic N) is 2. The molecule has 0 N–H and O–H groups in total. The first kappa shape index (κ1) is 31.5. The van der Waals surface area contributed by atoms with E-state index < -0.39 is 0 Å². The van der Waals surface area contributed by atoms with Gasteiger partial charge in [-0.1, -0.05) is 138 Å². The number of hydrogen-bond donors (Lipinski definition) is 0. The van der Waals surface area contributed by atoms with Gasteiger partial charge in [-0.2, -0.15) is 0 Å². The second kappa shape index (κ2) is 12.6. The molecule has 0 atom stereocenters. The number of hydrogen-bond acceptors (Lipinski definition) is 3. The molecule has 0 fully saturated rings. The number of oxazole rings is 1. The Bertz CT molecular complexity index is 2540. The van der Waals surface area contributed by atoms with Crippen molar-refractivity contribution in [1.29, 1.82) is 0 Å². The Morgan fingerprint density at radius 3 is 2.08 bits per heavy atom. The average Bonchev–Trinajstić information content (AvgIpc) is 3.57. The summed E-state index contributed by atoms with van der Waals surface area (Å²) in [6.45, 7) is 11.2. The minimum absolute atomic E-state index is 0.0760. The van der Waals surface area contributed by atoms with Gasteiger partial charge in [-0.05, 0) is 97.1 Å². The maximum atomic E-state index is 6.61. The first-order chi connectivity index (χ1) is 24.2. The summed E-state index contributed by atoms with van der Waals surface area (Å²) in [5, 5.41) is 4.76. The van der Waals surface area contributed by atoms with Crippen LogP contribution < -0.4 is 0 Å². The lowest BCUT2D eigenvalue weighted by Gasteiger charge is -2.20. The summed E-state index contributed by atoms with van der Waals surface area (Å²) < 4.78 is 6.61. The van der Waals surface area contributed by atoms with Crippen molar-refractivity contribution in [3.8, 4) is 33.7 Å². The van der Waals surface area contributed by atoms with E-state index in [2.05, 4.69) is 150 Å². The fourth-order valence-corrected chi connectivity index (χ4v) is 6.72. The Balaban J connectivity index is 1.20. The maximum absolute atomic E-state index is 6.61. The maximum Gasteiger partial charge on any atom is 0.229 e. The molecule has 0 aliphatic carbocycles. The van der Waals surface area contributed by atoms with Crippen molar-refractivity contribution in [2.45, 2.75) is 46.0 Å². The summed E-state index contributed by atoms with van der Waals surface area (Å²) in [4.78, 5) is 10.1. The molecule has 244 valence electrons. The Morgan fingerprint density at radius 2 is 1.30 bits per heavy atom. The highest BCUT2D eigenvalue weighted by Gasteiger charge is 2.21. The molecule has 3 nitrogen and oxygen atoms in total. The van der Waals surface area contributed by atoms with E-state index in [4.69, 9.17) is 14.4 Å². The average molecular weight is 649 g/mol. The Hall–Kier alpha value is -5.80. The molecule has 8 aromatic rings. The van der Waals surface area contributed by atoms with Crippen molar-refractivity contribution in [3.05, 3.63) is 156 Å². The van der Waals surface area contributed by atoms with Gasteiger partial charge in [-0.15, -0.1) is 0 Å². The molecule has 0 spiro atoms. The number of para-hydroxylation sites is 1. The number of fused-ring (bicyclic) bond motifs is 3. The van der Waals surface area contributed by atoms with Gasteiger partial charge in [0.25, 0.3) is 0 Å². The second-order valence-electron chi connectivity index (χ2n) is 14.5. The number of aromatic nitrogens is 1. The summed E-state index contributed by atoms with van der Waals surface area (Å²) in [5.74, 6) is 1.08. The van der Waals surface area contributed by atoms with Gasteiger partial charge in [-0.25, -0.2) is 4.98 Å². The summed E-state index contributed by atoms with van der Waals surface area (Å²) in [7, 11) is 0. The van der Waals surface area contributed by atoms with Crippen LogP contribution in [0.25, 0.3) is 66.4 Å². The smallest absolute Gasteiger partial charge is 0.229 e. The number of benzene rings is 7. The summed E-state index contributed by atoms with van der Waals surface area (Å²) in [6, 6.07) is 49.6. The van der Waals surface area contributed by atoms with Gasteiger partial charge in [-0.3, -0.25) is 4.99 Å². The van der Waals surface area contributed by atoms with Crippen LogP contribution in [0.15, 0.2) is 149 Å². The molecule has 0 aliphatic rings. The van der Waals surface area contributed by atoms with Crippen molar-refractivity contribution in [3.63, 3.8) is 0 Å². The molecule has 3 heteroatoms. The standard InChI is InChI=1S/C47H40N2O/c1-30(2)31-17-19-32(20-18-31)34-21-22-36-26-37(24-23-35(36)25-34)42-27-39(47(3,4)5)28-44-45(42)49-46(50-44)41-15-8-9-16-43(41)48-29-38-13-10-12-33-11-6-7-14-40(33)38/h6-30H,1-5H3. The van der Waals surface area contributed by atoms with Crippen LogP contribution in [-0.4, -0.2) is 11.2 Å². The topological polar surface area (TPSA) is 38.4 Å². The largest absolute Gasteiger partial charge is 0.436 e. The van der Waals surface area contributed by atoms with Crippen molar-refractivity contribution >= 4 is 44.5 Å². The van der Waals surface area contributed by atoms with Gasteiger partial charge in [0.1, 0.15) is 5.52 Å². The van der Waals surface area contributed by atoms with Crippen molar-refractivity contribution in [2.24, 2.45) is 4.99 Å². The molecule has 1 aromatic heterocycles. The minimum atomic E-state index is -0.0760. The lowest BCUT2D eigenvalue weighted by molar-refractivity contribution is 0.584. The normalized spacial score (nSPS) is 12.2. The van der Waals surface area contributed by atoms with Crippen molar-refractivity contribution < 1.29 is 4.42 Å². The summed E-state index contributed by atoms with van der Waals surface area (Å²) in [5.41, 5.74) is 11.5. The van der Waals surface area contributed by atoms with E-state index >= 15 is 0 Å². The van der Waals surface area contributed by atoms with Crippen LogP contribution in [0, 0.1) is 0 Å². The molecule has 0 aliphatic heterocycles. The van der Waals surface area contributed by atoms with Gasteiger partial charge >= 0.3 is 0 Å². The predicted octanol–water partition coefficient (Wildman–Crippen LogP) is 13.3. The number of rotatable bonds is 6. The molecule has 0 bridgehead atoms. The molecule has 0 amide bonds. The van der Waals surface area contributed by atoms with Gasteiger partial charge in [0.2, 0.25) is 5.89 Å².